The molecule has 0 aromatic heterocycles. The van der Waals surface area contributed by atoms with Crippen molar-refractivity contribution < 1.29 is 9.84 Å². The highest BCUT2D eigenvalue weighted by Gasteiger charge is 2.19. The molecule has 2 rings (SSSR count). The van der Waals surface area contributed by atoms with Crippen LogP contribution < -0.4 is 4.74 Å². The van der Waals surface area contributed by atoms with Gasteiger partial charge in [0.2, 0.25) is 0 Å². The summed E-state index contributed by atoms with van der Waals surface area (Å²) in [5.74, 6) is 0.870. The minimum atomic E-state index is -0.148. The number of aliphatic hydroxyl groups is 1. The summed E-state index contributed by atoms with van der Waals surface area (Å²) in [6, 6.07) is 8.10. The Balaban J connectivity index is 1.87. The largest absolute Gasteiger partial charge is 0.490 e. The Morgan fingerprint density at radius 1 is 1.41 bits per heavy atom. The second-order valence-corrected chi connectivity index (χ2v) is 4.42. The molecule has 1 fully saturated rings. The lowest BCUT2D eigenvalue weighted by Gasteiger charge is -2.15. The molecule has 0 amide bonds. The van der Waals surface area contributed by atoms with Crippen LogP contribution in [0, 0.1) is 0 Å². The monoisotopic (exact) mass is 233 g/mol. The summed E-state index contributed by atoms with van der Waals surface area (Å²) in [5, 5.41) is 9.45. The zero-order chi connectivity index (χ0) is 12.1. The van der Waals surface area contributed by atoms with E-state index in [1.165, 1.54) is 5.56 Å². The Hall–Kier alpha value is -1.32. The molecule has 0 spiro atoms. The number of rotatable bonds is 5. The fourth-order valence-electron chi connectivity index (χ4n) is 2.06. The van der Waals surface area contributed by atoms with Crippen LogP contribution in [-0.2, 0) is 6.54 Å². The van der Waals surface area contributed by atoms with Gasteiger partial charge in [-0.3, -0.25) is 4.90 Å². The first-order valence-corrected chi connectivity index (χ1v) is 6.01. The van der Waals surface area contributed by atoms with E-state index in [1.807, 2.05) is 12.1 Å². The van der Waals surface area contributed by atoms with Gasteiger partial charge < -0.3 is 9.84 Å². The normalized spacial score (nSPS) is 20.4. The summed E-state index contributed by atoms with van der Waals surface area (Å²) in [6.45, 7) is 6.82. The molecular weight excluding hydrogens is 214 g/mol. The van der Waals surface area contributed by atoms with Crippen molar-refractivity contribution in [2.75, 3.05) is 19.7 Å². The van der Waals surface area contributed by atoms with E-state index in [9.17, 15) is 5.11 Å². The van der Waals surface area contributed by atoms with Crippen LogP contribution in [0.4, 0.5) is 0 Å². The summed E-state index contributed by atoms with van der Waals surface area (Å²) in [6.07, 6.45) is 2.48. The Morgan fingerprint density at radius 3 is 2.76 bits per heavy atom. The summed E-state index contributed by atoms with van der Waals surface area (Å²) in [5.41, 5.74) is 1.25. The fraction of sp³-hybridized carbons (Fsp3) is 0.429. The van der Waals surface area contributed by atoms with E-state index in [0.717, 1.165) is 31.8 Å². The average molecular weight is 233 g/mol. The van der Waals surface area contributed by atoms with Gasteiger partial charge in [0.15, 0.2) is 0 Å². The standard InChI is InChI=1S/C14H19NO2/c1-2-9-17-14-5-3-12(4-6-14)10-15-8-7-13(16)11-15/h2-6,13,16H,1,7-11H2/t13-/m1/s1. The van der Waals surface area contributed by atoms with Gasteiger partial charge in [-0.15, -0.1) is 0 Å². The first kappa shape index (κ1) is 12.1. The van der Waals surface area contributed by atoms with Gasteiger partial charge in [0.25, 0.3) is 0 Å². The van der Waals surface area contributed by atoms with Crippen LogP contribution in [0.5, 0.6) is 5.75 Å². The maximum Gasteiger partial charge on any atom is 0.119 e. The SMILES string of the molecule is C=CCOc1ccc(CN2CC[C@@H](O)C2)cc1. The van der Waals surface area contributed by atoms with Gasteiger partial charge in [0.1, 0.15) is 12.4 Å². The van der Waals surface area contributed by atoms with E-state index in [-0.39, 0.29) is 6.10 Å². The highest BCUT2D eigenvalue weighted by molar-refractivity contribution is 5.27. The van der Waals surface area contributed by atoms with Gasteiger partial charge >= 0.3 is 0 Å². The number of nitrogens with zero attached hydrogens (tertiary/aromatic N) is 1. The summed E-state index contributed by atoms with van der Waals surface area (Å²) in [7, 11) is 0. The lowest BCUT2D eigenvalue weighted by atomic mass is 10.2. The molecule has 0 aliphatic carbocycles. The van der Waals surface area contributed by atoms with Crippen molar-refractivity contribution in [3.8, 4) is 5.75 Å². The second kappa shape index (κ2) is 5.84. The van der Waals surface area contributed by atoms with Gasteiger partial charge in [-0.25, -0.2) is 0 Å². The van der Waals surface area contributed by atoms with E-state index < -0.39 is 0 Å². The van der Waals surface area contributed by atoms with Crippen LogP contribution in [0.15, 0.2) is 36.9 Å². The van der Waals surface area contributed by atoms with Crippen LogP contribution in [0.1, 0.15) is 12.0 Å². The quantitative estimate of drug-likeness (QED) is 0.787. The van der Waals surface area contributed by atoms with Gasteiger partial charge in [-0.1, -0.05) is 24.8 Å². The molecule has 3 heteroatoms. The topological polar surface area (TPSA) is 32.7 Å². The zero-order valence-electron chi connectivity index (χ0n) is 10.0. The minimum Gasteiger partial charge on any atom is -0.490 e. The van der Waals surface area contributed by atoms with Gasteiger partial charge in [0.05, 0.1) is 6.10 Å². The van der Waals surface area contributed by atoms with Crippen molar-refractivity contribution in [1.29, 1.82) is 0 Å². The van der Waals surface area contributed by atoms with E-state index in [0.29, 0.717) is 6.61 Å². The number of benzene rings is 1. The first-order chi connectivity index (χ1) is 8.28. The molecule has 1 N–H and O–H groups in total. The fourth-order valence-corrected chi connectivity index (χ4v) is 2.06. The summed E-state index contributed by atoms with van der Waals surface area (Å²) < 4.78 is 5.43. The number of likely N-dealkylation sites (tertiary alicyclic amines) is 1. The molecule has 1 heterocycles. The number of hydrogen-bond acceptors (Lipinski definition) is 3. The molecule has 17 heavy (non-hydrogen) atoms. The molecule has 3 nitrogen and oxygen atoms in total. The number of ether oxygens (including phenoxy) is 1. The molecule has 1 aromatic carbocycles. The minimum absolute atomic E-state index is 0.148. The van der Waals surface area contributed by atoms with Gasteiger partial charge in [-0.05, 0) is 24.1 Å². The van der Waals surface area contributed by atoms with E-state index in [4.69, 9.17) is 4.74 Å². The van der Waals surface area contributed by atoms with E-state index >= 15 is 0 Å². The van der Waals surface area contributed by atoms with Crippen LogP contribution in [-0.4, -0.2) is 35.8 Å². The Kier molecular flexibility index (Phi) is 4.18. The summed E-state index contributed by atoms with van der Waals surface area (Å²) in [4.78, 5) is 2.27. The predicted octanol–water partition coefficient (Wildman–Crippen LogP) is 1.82. The molecule has 92 valence electrons. The molecule has 1 aliphatic rings. The van der Waals surface area contributed by atoms with Crippen LogP contribution in [0.3, 0.4) is 0 Å². The molecule has 1 aliphatic heterocycles. The van der Waals surface area contributed by atoms with E-state index in [1.54, 1.807) is 6.08 Å². The number of aliphatic hydroxyl groups excluding tert-OH is 1. The lowest BCUT2D eigenvalue weighted by Crippen LogP contribution is -2.21. The van der Waals surface area contributed by atoms with Crippen LogP contribution in [0.2, 0.25) is 0 Å². The summed E-state index contributed by atoms with van der Waals surface area (Å²) >= 11 is 0. The maximum absolute atomic E-state index is 9.45. The van der Waals surface area contributed by atoms with Crippen LogP contribution in [0.25, 0.3) is 0 Å². The molecule has 1 aromatic rings. The number of hydrogen-bond donors (Lipinski definition) is 1. The lowest BCUT2D eigenvalue weighted by molar-refractivity contribution is 0.175. The van der Waals surface area contributed by atoms with Crippen molar-refractivity contribution in [3.05, 3.63) is 42.5 Å². The molecule has 0 unspecified atom stereocenters. The third-order valence-corrected chi connectivity index (χ3v) is 2.94. The van der Waals surface area contributed by atoms with Crippen molar-refractivity contribution >= 4 is 0 Å². The van der Waals surface area contributed by atoms with E-state index in [2.05, 4.69) is 23.6 Å². The highest BCUT2D eigenvalue weighted by atomic mass is 16.5. The second-order valence-electron chi connectivity index (χ2n) is 4.42. The van der Waals surface area contributed by atoms with Gasteiger partial charge in [-0.2, -0.15) is 0 Å². The van der Waals surface area contributed by atoms with Crippen molar-refractivity contribution in [3.63, 3.8) is 0 Å². The predicted molar refractivity (Wildman–Crippen MR) is 68.0 cm³/mol. The maximum atomic E-state index is 9.45. The average Bonchev–Trinajstić information content (AvgIpc) is 2.74. The van der Waals surface area contributed by atoms with Crippen LogP contribution >= 0.6 is 0 Å². The smallest absolute Gasteiger partial charge is 0.119 e. The Labute approximate surface area is 102 Å². The Bertz CT molecular complexity index is 361. The molecule has 1 saturated heterocycles. The molecular formula is C14H19NO2. The first-order valence-electron chi connectivity index (χ1n) is 6.01. The van der Waals surface area contributed by atoms with Gasteiger partial charge in [0, 0.05) is 19.6 Å². The zero-order valence-corrected chi connectivity index (χ0v) is 10.0. The molecule has 0 bridgehead atoms. The highest BCUT2D eigenvalue weighted by Crippen LogP contribution is 2.16. The Morgan fingerprint density at radius 2 is 2.18 bits per heavy atom. The van der Waals surface area contributed by atoms with Crippen molar-refractivity contribution in [2.24, 2.45) is 0 Å². The van der Waals surface area contributed by atoms with Crippen molar-refractivity contribution in [1.82, 2.24) is 4.90 Å². The molecule has 0 radical (unpaired) electrons. The van der Waals surface area contributed by atoms with Crippen molar-refractivity contribution in [2.45, 2.75) is 19.1 Å². The molecule has 0 saturated carbocycles. The molecule has 1 atom stereocenters. The number of β-amino-alcohol motifs (C(OH)–C–C–N with tert-alkyl or cyclic N) is 1. The third-order valence-electron chi connectivity index (χ3n) is 2.94. The third kappa shape index (κ3) is 3.58.